The summed E-state index contributed by atoms with van der Waals surface area (Å²) in [5.74, 6) is 2.18. The van der Waals surface area contributed by atoms with Gasteiger partial charge in [0.1, 0.15) is 5.76 Å². The Balaban J connectivity index is 2.14. The summed E-state index contributed by atoms with van der Waals surface area (Å²) in [6.45, 7) is 7.52. The summed E-state index contributed by atoms with van der Waals surface area (Å²) >= 11 is 0. The van der Waals surface area contributed by atoms with Crippen molar-refractivity contribution in [3.05, 3.63) is 29.7 Å². The Morgan fingerprint density at radius 1 is 1.60 bits per heavy atom. The van der Waals surface area contributed by atoms with Crippen LogP contribution in [-0.4, -0.2) is 6.54 Å². The van der Waals surface area contributed by atoms with Gasteiger partial charge in [-0.1, -0.05) is 19.4 Å². The number of hydrogen-bond acceptors (Lipinski definition) is 2. The van der Waals surface area contributed by atoms with E-state index in [-0.39, 0.29) is 0 Å². The molecule has 0 aliphatic heterocycles. The summed E-state index contributed by atoms with van der Waals surface area (Å²) in [5.41, 5.74) is 7.50. The summed E-state index contributed by atoms with van der Waals surface area (Å²) in [6.07, 6.45) is 3.83. The first-order valence-corrected chi connectivity index (χ1v) is 5.49. The molecule has 0 amide bonds. The van der Waals surface area contributed by atoms with E-state index >= 15 is 0 Å². The molecule has 1 aliphatic carbocycles. The summed E-state index contributed by atoms with van der Waals surface area (Å²) in [7, 11) is 0. The van der Waals surface area contributed by atoms with Gasteiger partial charge in [-0.2, -0.15) is 0 Å². The molecule has 2 heteroatoms. The molecule has 0 aromatic carbocycles. The predicted molar refractivity (Wildman–Crippen MR) is 62.2 cm³/mol. The third-order valence-corrected chi connectivity index (χ3v) is 3.71. The standard InChI is InChI=1S/C13H19NO/c1-9(7-10-5-4-6-15-10)12-11(8-14)13(12,2)3/h4-7,11-12H,8,14H2,1-3H3/b9-7-/t11-,12-/m1/s1. The number of hydrogen-bond donors (Lipinski definition) is 1. The SMILES string of the molecule is C/C(=C/c1ccco1)[C@@H]1[C@@H](CN)C1(C)C. The topological polar surface area (TPSA) is 39.2 Å². The van der Waals surface area contributed by atoms with Crippen molar-refractivity contribution >= 4 is 6.08 Å². The smallest absolute Gasteiger partial charge is 0.126 e. The molecule has 1 heterocycles. The van der Waals surface area contributed by atoms with Gasteiger partial charge < -0.3 is 10.2 Å². The van der Waals surface area contributed by atoms with E-state index in [2.05, 4.69) is 26.8 Å². The second kappa shape index (κ2) is 3.53. The van der Waals surface area contributed by atoms with E-state index in [0.717, 1.165) is 12.3 Å². The van der Waals surface area contributed by atoms with Crippen molar-refractivity contribution in [1.29, 1.82) is 0 Å². The van der Waals surface area contributed by atoms with Crippen LogP contribution in [0.15, 0.2) is 28.4 Å². The van der Waals surface area contributed by atoms with Gasteiger partial charge in [0.2, 0.25) is 0 Å². The lowest BCUT2D eigenvalue weighted by atomic mass is 10.0. The van der Waals surface area contributed by atoms with Crippen LogP contribution in [0.2, 0.25) is 0 Å². The van der Waals surface area contributed by atoms with Gasteiger partial charge in [0, 0.05) is 0 Å². The molecule has 0 radical (unpaired) electrons. The van der Waals surface area contributed by atoms with Gasteiger partial charge in [-0.05, 0) is 48.9 Å². The molecule has 2 nitrogen and oxygen atoms in total. The van der Waals surface area contributed by atoms with Crippen LogP contribution in [0.1, 0.15) is 26.5 Å². The molecule has 1 aromatic rings. The maximum Gasteiger partial charge on any atom is 0.126 e. The zero-order valence-electron chi connectivity index (χ0n) is 9.66. The highest BCUT2D eigenvalue weighted by atomic mass is 16.3. The fourth-order valence-electron chi connectivity index (χ4n) is 2.78. The second-order valence-corrected chi connectivity index (χ2v) is 5.05. The van der Waals surface area contributed by atoms with Gasteiger partial charge >= 0.3 is 0 Å². The Morgan fingerprint density at radius 3 is 2.80 bits per heavy atom. The van der Waals surface area contributed by atoms with Crippen LogP contribution in [0.4, 0.5) is 0 Å². The van der Waals surface area contributed by atoms with Crippen LogP contribution < -0.4 is 5.73 Å². The van der Waals surface area contributed by atoms with Crippen molar-refractivity contribution < 1.29 is 4.42 Å². The second-order valence-electron chi connectivity index (χ2n) is 5.05. The first-order chi connectivity index (χ1) is 7.07. The molecule has 1 aromatic heterocycles. The lowest BCUT2D eigenvalue weighted by Crippen LogP contribution is -2.05. The minimum absolute atomic E-state index is 0.363. The molecular weight excluding hydrogens is 186 g/mol. The van der Waals surface area contributed by atoms with E-state index in [1.807, 2.05) is 12.1 Å². The average molecular weight is 205 g/mol. The summed E-state index contributed by atoms with van der Waals surface area (Å²) < 4.78 is 5.31. The minimum atomic E-state index is 0.363. The average Bonchev–Trinajstić information content (AvgIpc) is 2.56. The van der Waals surface area contributed by atoms with E-state index in [4.69, 9.17) is 10.2 Å². The van der Waals surface area contributed by atoms with Crippen molar-refractivity contribution in [2.45, 2.75) is 20.8 Å². The van der Waals surface area contributed by atoms with Crippen molar-refractivity contribution in [2.75, 3.05) is 6.54 Å². The van der Waals surface area contributed by atoms with Gasteiger partial charge in [0.05, 0.1) is 6.26 Å². The van der Waals surface area contributed by atoms with Crippen LogP contribution >= 0.6 is 0 Å². The summed E-state index contributed by atoms with van der Waals surface area (Å²) in [4.78, 5) is 0. The molecule has 0 bridgehead atoms. The Kier molecular flexibility index (Phi) is 2.47. The molecular formula is C13H19NO. The molecule has 15 heavy (non-hydrogen) atoms. The predicted octanol–water partition coefficient (Wildman–Crippen LogP) is 2.91. The van der Waals surface area contributed by atoms with Crippen LogP contribution in [0.5, 0.6) is 0 Å². The third-order valence-electron chi connectivity index (χ3n) is 3.71. The maximum absolute atomic E-state index is 5.76. The number of allylic oxidation sites excluding steroid dienone is 1. The third kappa shape index (κ3) is 1.74. The van der Waals surface area contributed by atoms with Crippen molar-refractivity contribution in [2.24, 2.45) is 23.0 Å². The zero-order chi connectivity index (χ0) is 11.1. The molecule has 2 N–H and O–H groups in total. The molecule has 2 rings (SSSR count). The Hall–Kier alpha value is -1.02. The Bertz CT molecular complexity index is 362. The van der Waals surface area contributed by atoms with Gasteiger partial charge in [-0.15, -0.1) is 0 Å². The first-order valence-electron chi connectivity index (χ1n) is 5.49. The highest BCUT2D eigenvalue weighted by Crippen LogP contribution is 2.61. The van der Waals surface area contributed by atoms with Gasteiger partial charge in [0.25, 0.3) is 0 Å². The zero-order valence-corrected chi connectivity index (χ0v) is 9.66. The number of furan rings is 1. The molecule has 1 aliphatic rings. The van der Waals surface area contributed by atoms with Gasteiger partial charge in [0.15, 0.2) is 0 Å². The number of nitrogens with two attached hydrogens (primary N) is 1. The fraction of sp³-hybridized carbons (Fsp3) is 0.538. The molecule has 0 saturated heterocycles. The van der Waals surface area contributed by atoms with E-state index in [9.17, 15) is 0 Å². The summed E-state index contributed by atoms with van der Waals surface area (Å²) in [5, 5.41) is 0. The first kappa shape index (κ1) is 10.5. The van der Waals surface area contributed by atoms with Crippen LogP contribution in [0, 0.1) is 17.3 Å². The maximum atomic E-state index is 5.76. The van der Waals surface area contributed by atoms with Crippen LogP contribution in [-0.2, 0) is 0 Å². The van der Waals surface area contributed by atoms with Gasteiger partial charge in [-0.25, -0.2) is 0 Å². The monoisotopic (exact) mass is 205 g/mol. The Morgan fingerprint density at radius 2 is 2.33 bits per heavy atom. The highest BCUT2D eigenvalue weighted by molar-refractivity contribution is 5.49. The summed E-state index contributed by atoms with van der Waals surface area (Å²) in [6, 6.07) is 3.90. The van der Waals surface area contributed by atoms with Crippen molar-refractivity contribution in [3.63, 3.8) is 0 Å². The molecule has 0 unspecified atom stereocenters. The quantitative estimate of drug-likeness (QED) is 0.824. The molecule has 1 saturated carbocycles. The number of rotatable bonds is 3. The highest BCUT2D eigenvalue weighted by Gasteiger charge is 2.56. The lowest BCUT2D eigenvalue weighted by molar-refractivity contribution is 0.549. The van der Waals surface area contributed by atoms with Crippen molar-refractivity contribution in [1.82, 2.24) is 0 Å². The van der Waals surface area contributed by atoms with E-state index in [1.165, 1.54) is 5.57 Å². The molecule has 2 atom stereocenters. The lowest BCUT2D eigenvalue weighted by Gasteiger charge is -2.02. The molecule has 1 fully saturated rings. The normalized spacial score (nSPS) is 29.2. The Labute approximate surface area is 91.2 Å². The van der Waals surface area contributed by atoms with Gasteiger partial charge in [-0.3, -0.25) is 0 Å². The minimum Gasteiger partial charge on any atom is -0.465 e. The van der Waals surface area contributed by atoms with Crippen LogP contribution in [0.3, 0.4) is 0 Å². The van der Waals surface area contributed by atoms with E-state index in [1.54, 1.807) is 6.26 Å². The van der Waals surface area contributed by atoms with E-state index < -0.39 is 0 Å². The van der Waals surface area contributed by atoms with Crippen LogP contribution in [0.25, 0.3) is 6.08 Å². The molecule has 82 valence electrons. The fourth-order valence-corrected chi connectivity index (χ4v) is 2.78. The largest absolute Gasteiger partial charge is 0.465 e. The molecule has 0 spiro atoms. The van der Waals surface area contributed by atoms with Crippen molar-refractivity contribution in [3.8, 4) is 0 Å². The van der Waals surface area contributed by atoms with E-state index in [0.29, 0.717) is 17.3 Å².